The smallest absolute Gasteiger partial charge is 0.433 e. The molecule has 1 saturated carbocycles. The molecule has 3 nitrogen and oxygen atoms in total. The van der Waals surface area contributed by atoms with Gasteiger partial charge in [0.25, 0.3) is 0 Å². The lowest BCUT2D eigenvalue weighted by molar-refractivity contribution is -0.141. The van der Waals surface area contributed by atoms with Gasteiger partial charge in [0, 0.05) is 12.6 Å². The lowest BCUT2D eigenvalue weighted by Crippen LogP contribution is -2.08. The van der Waals surface area contributed by atoms with Gasteiger partial charge in [0.2, 0.25) is 0 Å². The monoisotopic (exact) mass is 245 g/mol. The molecule has 0 aromatic carbocycles. The van der Waals surface area contributed by atoms with Crippen LogP contribution in [0.2, 0.25) is 0 Å². The number of nitrogens with zero attached hydrogens (tertiary/aromatic N) is 1. The molecule has 1 N–H and O–H groups in total. The van der Waals surface area contributed by atoms with E-state index in [1.165, 1.54) is 6.07 Å². The van der Waals surface area contributed by atoms with Crippen LogP contribution >= 0.6 is 0 Å². The van der Waals surface area contributed by atoms with Crippen molar-refractivity contribution in [2.45, 2.75) is 24.9 Å². The van der Waals surface area contributed by atoms with Crippen LogP contribution in [0, 0.1) is 5.92 Å². The molecule has 1 heterocycles. The van der Waals surface area contributed by atoms with Crippen molar-refractivity contribution < 1.29 is 23.1 Å². The fourth-order valence-electron chi connectivity index (χ4n) is 1.94. The number of alkyl halides is 3. The van der Waals surface area contributed by atoms with E-state index in [0.717, 1.165) is 12.3 Å². The van der Waals surface area contributed by atoms with E-state index < -0.39 is 17.8 Å². The molecule has 0 saturated heterocycles. The van der Waals surface area contributed by atoms with Crippen molar-refractivity contribution in [3.8, 4) is 0 Å². The van der Waals surface area contributed by atoms with Gasteiger partial charge in [-0.05, 0) is 36.0 Å². The van der Waals surface area contributed by atoms with Crippen molar-refractivity contribution >= 4 is 5.97 Å². The Morgan fingerprint density at radius 1 is 1.53 bits per heavy atom. The summed E-state index contributed by atoms with van der Waals surface area (Å²) in [6, 6.07) is 2.52. The van der Waals surface area contributed by atoms with E-state index in [1.54, 1.807) is 0 Å². The van der Waals surface area contributed by atoms with E-state index in [-0.39, 0.29) is 18.3 Å². The van der Waals surface area contributed by atoms with Crippen LogP contribution < -0.4 is 0 Å². The van der Waals surface area contributed by atoms with Crippen molar-refractivity contribution in [1.82, 2.24) is 4.98 Å². The highest BCUT2D eigenvalue weighted by Crippen LogP contribution is 2.49. The molecule has 1 fully saturated rings. The fourth-order valence-corrected chi connectivity index (χ4v) is 1.94. The number of hydrogen-bond donors (Lipinski definition) is 1. The molecule has 0 aliphatic heterocycles. The van der Waals surface area contributed by atoms with E-state index in [4.69, 9.17) is 5.11 Å². The molecule has 0 amide bonds. The molecule has 1 aliphatic rings. The highest BCUT2D eigenvalue weighted by molar-refractivity contribution is 5.67. The van der Waals surface area contributed by atoms with Crippen LogP contribution in [0.25, 0.3) is 0 Å². The Kier molecular flexibility index (Phi) is 2.81. The number of carboxylic acids is 1. The molecule has 2 unspecified atom stereocenters. The minimum atomic E-state index is -4.45. The van der Waals surface area contributed by atoms with Gasteiger partial charge in [-0.1, -0.05) is 0 Å². The molecule has 17 heavy (non-hydrogen) atoms. The molecule has 0 bridgehead atoms. The summed E-state index contributed by atoms with van der Waals surface area (Å²) >= 11 is 0. The number of rotatable bonds is 3. The number of hydrogen-bond acceptors (Lipinski definition) is 2. The van der Waals surface area contributed by atoms with Gasteiger partial charge in [-0.15, -0.1) is 0 Å². The van der Waals surface area contributed by atoms with E-state index in [1.807, 2.05) is 0 Å². The summed E-state index contributed by atoms with van der Waals surface area (Å²) in [6.45, 7) is 0. The molecule has 1 aliphatic carbocycles. The number of carboxylic acid groups (broad SMARTS) is 1. The molecule has 1 aromatic heterocycles. The third-order valence-corrected chi connectivity index (χ3v) is 2.86. The predicted octanol–water partition coefficient (Wildman–Crippen LogP) is 2.68. The topological polar surface area (TPSA) is 50.2 Å². The summed E-state index contributed by atoms with van der Waals surface area (Å²) in [5.41, 5.74) is -0.394. The van der Waals surface area contributed by atoms with Crippen LogP contribution in [0.5, 0.6) is 0 Å². The Bertz CT molecular complexity index is 445. The summed E-state index contributed by atoms with van der Waals surface area (Å²) < 4.78 is 37.2. The molecule has 2 atom stereocenters. The van der Waals surface area contributed by atoms with Crippen LogP contribution in [0.4, 0.5) is 13.2 Å². The summed E-state index contributed by atoms with van der Waals surface area (Å²) in [7, 11) is 0. The Morgan fingerprint density at radius 2 is 2.24 bits per heavy atom. The molecule has 0 spiro atoms. The van der Waals surface area contributed by atoms with E-state index >= 15 is 0 Å². The zero-order valence-corrected chi connectivity index (χ0v) is 8.74. The summed E-state index contributed by atoms with van der Waals surface area (Å²) in [4.78, 5) is 13.7. The van der Waals surface area contributed by atoms with Crippen LogP contribution in [-0.4, -0.2) is 16.1 Å². The number of aliphatic carboxylic acids is 1. The van der Waals surface area contributed by atoms with Crippen molar-refractivity contribution in [3.05, 3.63) is 29.6 Å². The van der Waals surface area contributed by atoms with Crippen LogP contribution in [0.15, 0.2) is 18.3 Å². The highest BCUT2D eigenvalue weighted by Gasteiger charge is 2.41. The minimum absolute atomic E-state index is 0.00827. The Hall–Kier alpha value is -1.59. The molecule has 92 valence electrons. The number of carbonyl (C=O) groups is 1. The summed E-state index contributed by atoms with van der Waals surface area (Å²) in [5, 5.41) is 8.58. The van der Waals surface area contributed by atoms with Crippen LogP contribution in [0.1, 0.15) is 30.0 Å². The van der Waals surface area contributed by atoms with Gasteiger partial charge in [0.05, 0.1) is 0 Å². The van der Waals surface area contributed by atoms with Gasteiger partial charge < -0.3 is 5.11 Å². The van der Waals surface area contributed by atoms with Gasteiger partial charge in [-0.3, -0.25) is 9.78 Å². The SMILES string of the molecule is O=C(O)CC1CC1c1ccnc(C(F)(F)F)c1. The average molecular weight is 245 g/mol. The molecule has 1 aromatic rings. The zero-order chi connectivity index (χ0) is 12.6. The average Bonchev–Trinajstić information content (AvgIpc) is 2.95. The minimum Gasteiger partial charge on any atom is -0.481 e. The molecule has 0 radical (unpaired) electrons. The molecular formula is C11H10F3NO2. The maximum atomic E-state index is 12.4. The fraction of sp³-hybridized carbons (Fsp3) is 0.455. The second kappa shape index (κ2) is 4.01. The van der Waals surface area contributed by atoms with Crippen molar-refractivity contribution in [2.75, 3.05) is 0 Å². The normalized spacial score (nSPS) is 23.5. The number of pyridine rings is 1. The largest absolute Gasteiger partial charge is 0.481 e. The standard InChI is InChI=1S/C11H10F3NO2/c12-11(13,14)9-4-6(1-2-15-9)8-3-7(8)5-10(16)17/h1-2,4,7-8H,3,5H2,(H,16,17). The first kappa shape index (κ1) is 11.9. The van der Waals surface area contributed by atoms with E-state index in [9.17, 15) is 18.0 Å². The van der Waals surface area contributed by atoms with Crippen molar-refractivity contribution in [1.29, 1.82) is 0 Å². The van der Waals surface area contributed by atoms with Gasteiger partial charge >= 0.3 is 12.1 Å². The van der Waals surface area contributed by atoms with Gasteiger partial charge in [-0.25, -0.2) is 0 Å². The first-order chi connectivity index (χ1) is 7.88. The van der Waals surface area contributed by atoms with Crippen molar-refractivity contribution in [2.24, 2.45) is 5.92 Å². The summed E-state index contributed by atoms with van der Waals surface area (Å²) in [5.74, 6) is -1.03. The number of aromatic nitrogens is 1. The molecule has 6 heteroatoms. The van der Waals surface area contributed by atoms with Gasteiger partial charge in [0.1, 0.15) is 5.69 Å². The predicted molar refractivity (Wildman–Crippen MR) is 52.3 cm³/mol. The lowest BCUT2D eigenvalue weighted by Gasteiger charge is -2.07. The Balaban J connectivity index is 2.11. The summed E-state index contributed by atoms with van der Waals surface area (Å²) in [6.07, 6.45) is -2.69. The van der Waals surface area contributed by atoms with Crippen LogP contribution in [0.3, 0.4) is 0 Å². The zero-order valence-electron chi connectivity index (χ0n) is 8.74. The maximum absolute atomic E-state index is 12.4. The lowest BCUT2D eigenvalue weighted by atomic mass is 10.1. The quantitative estimate of drug-likeness (QED) is 0.890. The number of halogens is 3. The first-order valence-corrected chi connectivity index (χ1v) is 5.13. The second-order valence-electron chi connectivity index (χ2n) is 4.17. The first-order valence-electron chi connectivity index (χ1n) is 5.13. The third kappa shape index (κ3) is 2.75. The Labute approximate surface area is 95.3 Å². The van der Waals surface area contributed by atoms with Gasteiger partial charge in [0.15, 0.2) is 0 Å². The van der Waals surface area contributed by atoms with Gasteiger partial charge in [-0.2, -0.15) is 13.2 Å². The highest BCUT2D eigenvalue weighted by atomic mass is 19.4. The maximum Gasteiger partial charge on any atom is 0.433 e. The van der Waals surface area contributed by atoms with E-state index in [0.29, 0.717) is 12.0 Å². The Morgan fingerprint density at radius 3 is 2.82 bits per heavy atom. The molecule has 2 rings (SSSR count). The third-order valence-electron chi connectivity index (χ3n) is 2.86. The van der Waals surface area contributed by atoms with Crippen molar-refractivity contribution in [3.63, 3.8) is 0 Å². The second-order valence-corrected chi connectivity index (χ2v) is 4.17. The van der Waals surface area contributed by atoms with Crippen LogP contribution in [-0.2, 0) is 11.0 Å². The molecular weight excluding hydrogens is 235 g/mol. The van der Waals surface area contributed by atoms with E-state index in [2.05, 4.69) is 4.98 Å².